The highest BCUT2D eigenvalue weighted by molar-refractivity contribution is 5.85. The van der Waals surface area contributed by atoms with E-state index < -0.39 is 0 Å². The number of amides is 1. The number of halogens is 1. The first-order chi connectivity index (χ1) is 7.74. The van der Waals surface area contributed by atoms with Gasteiger partial charge in [-0.1, -0.05) is 13.0 Å². The molecular formula is C13H23ClN2O. The second-order valence-electron chi connectivity index (χ2n) is 4.92. The van der Waals surface area contributed by atoms with Gasteiger partial charge in [0.05, 0.1) is 5.54 Å². The van der Waals surface area contributed by atoms with E-state index in [0.717, 1.165) is 25.8 Å². The molecule has 0 radical (unpaired) electrons. The number of rotatable bonds is 3. The van der Waals surface area contributed by atoms with Crippen molar-refractivity contribution in [1.29, 1.82) is 0 Å². The van der Waals surface area contributed by atoms with Crippen LogP contribution in [-0.4, -0.2) is 35.5 Å². The topological polar surface area (TPSA) is 32.3 Å². The highest BCUT2D eigenvalue weighted by atomic mass is 35.5. The fourth-order valence-electron chi connectivity index (χ4n) is 3.44. The number of piperidine rings is 1. The van der Waals surface area contributed by atoms with Crippen molar-refractivity contribution < 1.29 is 4.79 Å². The Balaban J connectivity index is 0.00000144. The normalized spacial score (nSPS) is 32.6. The number of carbonyl (C=O) groups excluding carboxylic acids is 1. The van der Waals surface area contributed by atoms with Gasteiger partial charge in [-0.3, -0.25) is 4.79 Å². The van der Waals surface area contributed by atoms with E-state index in [4.69, 9.17) is 0 Å². The monoisotopic (exact) mass is 258 g/mol. The van der Waals surface area contributed by atoms with E-state index >= 15 is 0 Å². The predicted octanol–water partition coefficient (Wildman–Crippen LogP) is 2.12. The lowest BCUT2D eigenvalue weighted by Gasteiger charge is -2.47. The van der Waals surface area contributed by atoms with Crippen LogP contribution >= 0.6 is 12.4 Å². The third kappa shape index (κ3) is 2.36. The Kier molecular flexibility index (Phi) is 5.02. The minimum absolute atomic E-state index is 0. The van der Waals surface area contributed by atoms with Crippen LogP contribution < -0.4 is 5.32 Å². The molecule has 0 aromatic heterocycles. The summed E-state index contributed by atoms with van der Waals surface area (Å²) in [7, 11) is 0. The van der Waals surface area contributed by atoms with Crippen molar-refractivity contribution in [3.8, 4) is 0 Å². The first-order valence-electron chi connectivity index (χ1n) is 6.39. The van der Waals surface area contributed by atoms with Crippen LogP contribution in [-0.2, 0) is 4.79 Å². The lowest BCUT2D eigenvalue weighted by atomic mass is 9.79. The number of nitrogens with one attached hydrogen (secondary N) is 1. The molecule has 0 aromatic rings. The van der Waals surface area contributed by atoms with E-state index in [-0.39, 0.29) is 17.9 Å². The Morgan fingerprint density at radius 2 is 2.35 bits per heavy atom. The van der Waals surface area contributed by atoms with Crippen molar-refractivity contribution >= 4 is 18.3 Å². The van der Waals surface area contributed by atoms with Crippen molar-refractivity contribution in [2.75, 3.05) is 13.1 Å². The molecule has 1 amide bonds. The van der Waals surface area contributed by atoms with E-state index in [1.54, 1.807) is 0 Å². The number of hydrogen-bond acceptors (Lipinski definition) is 2. The predicted molar refractivity (Wildman–Crippen MR) is 72.4 cm³/mol. The molecule has 2 heterocycles. The molecule has 0 unspecified atom stereocenters. The van der Waals surface area contributed by atoms with Gasteiger partial charge in [0.25, 0.3) is 0 Å². The Hall–Kier alpha value is -0.540. The molecule has 2 atom stereocenters. The molecule has 0 bridgehead atoms. The zero-order valence-electron chi connectivity index (χ0n) is 10.6. The van der Waals surface area contributed by atoms with E-state index in [0.29, 0.717) is 24.9 Å². The molecule has 2 aliphatic heterocycles. The summed E-state index contributed by atoms with van der Waals surface area (Å²) in [6.07, 6.45) is 7.01. The van der Waals surface area contributed by atoms with Crippen LogP contribution in [0.15, 0.2) is 12.7 Å². The zero-order chi connectivity index (χ0) is 11.6. The van der Waals surface area contributed by atoms with Gasteiger partial charge >= 0.3 is 0 Å². The standard InChI is InChI=1S/C13H22N2O.ClH/c1-3-10-15-12(16)6-8-13(15)7-5-9-14-11(13)4-2;/h3,11,14H,1,4-10H2,2H3;1H/t11-,13-;/m0./s1. The Labute approximate surface area is 110 Å². The summed E-state index contributed by atoms with van der Waals surface area (Å²) in [5.74, 6) is 0.307. The second-order valence-corrected chi connectivity index (χ2v) is 4.92. The minimum Gasteiger partial charge on any atom is -0.332 e. The fourth-order valence-corrected chi connectivity index (χ4v) is 3.44. The molecule has 1 spiro atoms. The second kappa shape index (κ2) is 5.87. The summed E-state index contributed by atoms with van der Waals surface area (Å²) in [4.78, 5) is 14.0. The van der Waals surface area contributed by atoms with Crippen molar-refractivity contribution in [1.82, 2.24) is 10.2 Å². The molecule has 3 nitrogen and oxygen atoms in total. The number of hydrogen-bond donors (Lipinski definition) is 1. The highest BCUT2D eigenvalue weighted by Gasteiger charge is 2.50. The smallest absolute Gasteiger partial charge is 0.223 e. The quantitative estimate of drug-likeness (QED) is 0.787. The molecule has 17 heavy (non-hydrogen) atoms. The van der Waals surface area contributed by atoms with Crippen LogP contribution in [0.25, 0.3) is 0 Å². The largest absolute Gasteiger partial charge is 0.332 e. The van der Waals surface area contributed by atoms with Crippen molar-refractivity contribution in [2.45, 2.75) is 50.6 Å². The van der Waals surface area contributed by atoms with Crippen molar-refractivity contribution in [3.05, 3.63) is 12.7 Å². The molecule has 0 aliphatic carbocycles. The molecule has 0 saturated carbocycles. The van der Waals surface area contributed by atoms with Crippen LogP contribution in [0.4, 0.5) is 0 Å². The van der Waals surface area contributed by atoms with Crippen LogP contribution in [0.3, 0.4) is 0 Å². The third-order valence-corrected chi connectivity index (χ3v) is 4.16. The van der Waals surface area contributed by atoms with E-state index in [1.165, 1.54) is 6.42 Å². The first-order valence-corrected chi connectivity index (χ1v) is 6.39. The molecule has 2 rings (SSSR count). The van der Waals surface area contributed by atoms with Gasteiger partial charge in [-0.15, -0.1) is 19.0 Å². The van der Waals surface area contributed by atoms with Gasteiger partial charge in [0.15, 0.2) is 0 Å². The lowest BCUT2D eigenvalue weighted by Crippen LogP contribution is -2.61. The zero-order valence-corrected chi connectivity index (χ0v) is 11.4. The third-order valence-electron chi connectivity index (χ3n) is 4.16. The SMILES string of the molecule is C=CCN1C(=O)CC[C@]12CCCN[C@H]2CC.Cl. The Bertz CT molecular complexity index is 295. The van der Waals surface area contributed by atoms with Gasteiger partial charge in [-0.05, 0) is 32.2 Å². The first kappa shape index (κ1) is 14.5. The number of carbonyl (C=O) groups is 1. The van der Waals surface area contributed by atoms with Gasteiger partial charge in [-0.2, -0.15) is 0 Å². The molecular weight excluding hydrogens is 236 g/mol. The lowest BCUT2D eigenvalue weighted by molar-refractivity contribution is -0.132. The highest BCUT2D eigenvalue weighted by Crippen LogP contribution is 2.40. The average Bonchev–Trinajstić information content (AvgIpc) is 2.60. The molecule has 1 N–H and O–H groups in total. The van der Waals surface area contributed by atoms with Gasteiger partial charge in [0.2, 0.25) is 5.91 Å². The molecule has 2 fully saturated rings. The Morgan fingerprint density at radius 3 is 3.00 bits per heavy atom. The summed E-state index contributed by atoms with van der Waals surface area (Å²) < 4.78 is 0. The molecule has 2 saturated heterocycles. The maximum atomic E-state index is 11.9. The van der Waals surface area contributed by atoms with Crippen LogP contribution in [0, 0.1) is 0 Å². The van der Waals surface area contributed by atoms with E-state index in [2.05, 4.69) is 23.7 Å². The van der Waals surface area contributed by atoms with Gasteiger partial charge < -0.3 is 10.2 Å². The van der Waals surface area contributed by atoms with Crippen molar-refractivity contribution in [3.63, 3.8) is 0 Å². The number of nitrogens with zero attached hydrogens (tertiary/aromatic N) is 1. The van der Waals surface area contributed by atoms with Gasteiger partial charge in [0, 0.05) is 19.0 Å². The van der Waals surface area contributed by atoms with Crippen LogP contribution in [0.5, 0.6) is 0 Å². The molecule has 0 aromatic carbocycles. The molecule has 4 heteroatoms. The van der Waals surface area contributed by atoms with Gasteiger partial charge in [-0.25, -0.2) is 0 Å². The molecule has 98 valence electrons. The summed E-state index contributed by atoms with van der Waals surface area (Å²) >= 11 is 0. The fraction of sp³-hybridized carbons (Fsp3) is 0.769. The van der Waals surface area contributed by atoms with Crippen LogP contribution in [0.2, 0.25) is 0 Å². The van der Waals surface area contributed by atoms with E-state index in [1.807, 2.05) is 6.08 Å². The van der Waals surface area contributed by atoms with E-state index in [9.17, 15) is 4.79 Å². The summed E-state index contributed by atoms with van der Waals surface area (Å²) in [6, 6.07) is 0.465. The van der Waals surface area contributed by atoms with Crippen molar-refractivity contribution in [2.24, 2.45) is 0 Å². The van der Waals surface area contributed by atoms with Gasteiger partial charge in [0.1, 0.15) is 0 Å². The maximum absolute atomic E-state index is 11.9. The summed E-state index contributed by atoms with van der Waals surface area (Å²) in [5.41, 5.74) is 0.0816. The molecule has 2 aliphatic rings. The minimum atomic E-state index is 0. The average molecular weight is 259 g/mol. The summed E-state index contributed by atoms with van der Waals surface area (Å²) in [6.45, 7) is 7.78. The number of likely N-dealkylation sites (tertiary alicyclic amines) is 1. The Morgan fingerprint density at radius 1 is 1.59 bits per heavy atom. The maximum Gasteiger partial charge on any atom is 0.223 e. The van der Waals surface area contributed by atoms with Crippen LogP contribution in [0.1, 0.15) is 39.0 Å². The summed E-state index contributed by atoms with van der Waals surface area (Å²) in [5, 5.41) is 3.58.